The molecule has 7 nitrogen and oxygen atoms in total. The Morgan fingerprint density at radius 3 is 2.30 bits per heavy atom. The maximum Gasteiger partial charge on any atom is 0.261 e. The van der Waals surface area contributed by atoms with Crippen LogP contribution in [0.25, 0.3) is 0 Å². The van der Waals surface area contributed by atoms with E-state index in [9.17, 15) is 19.2 Å². The van der Waals surface area contributed by atoms with E-state index in [-0.39, 0.29) is 35.0 Å². The van der Waals surface area contributed by atoms with Gasteiger partial charge in [0.1, 0.15) is 0 Å². The van der Waals surface area contributed by atoms with Gasteiger partial charge in [-0.2, -0.15) is 0 Å². The molecule has 3 rings (SSSR count). The molecule has 27 heavy (non-hydrogen) atoms. The number of carbonyl (C=O) groups is 4. The minimum absolute atomic E-state index is 0.142. The van der Waals surface area contributed by atoms with Gasteiger partial charge in [-0.15, -0.1) is 0 Å². The minimum atomic E-state index is -0.440. The van der Waals surface area contributed by atoms with Gasteiger partial charge < -0.3 is 10.2 Å². The number of likely N-dealkylation sites (N-methyl/N-ethyl adjacent to an activating group) is 1. The summed E-state index contributed by atoms with van der Waals surface area (Å²) in [6, 6.07) is 11.7. The number of rotatable bonds is 4. The van der Waals surface area contributed by atoms with Crippen LogP contribution in [0.4, 0.5) is 5.69 Å². The highest BCUT2D eigenvalue weighted by atomic mass is 16.2. The number of hydrogen-bond donors (Lipinski definition) is 1. The zero-order valence-corrected chi connectivity index (χ0v) is 15.3. The van der Waals surface area contributed by atoms with Crippen molar-refractivity contribution in [3.63, 3.8) is 0 Å². The van der Waals surface area contributed by atoms with E-state index in [2.05, 4.69) is 5.32 Å². The first-order chi connectivity index (χ1) is 12.8. The molecule has 0 saturated carbocycles. The second-order valence-electron chi connectivity index (χ2n) is 6.51. The Kier molecular flexibility index (Phi) is 4.77. The van der Waals surface area contributed by atoms with Crippen molar-refractivity contribution in [3.8, 4) is 0 Å². The third-order valence-electron chi connectivity index (χ3n) is 4.40. The van der Waals surface area contributed by atoms with Gasteiger partial charge in [0.25, 0.3) is 17.7 Å². The number of imide groups is 1. The first-order valence-corrected chi connectivity index (χ1v) is 8.36. The summed E-state index contributed by atoms with van der Waals surface area (Å²) in [4.78, 5) is 51.0. The van der Waals surface area contributed by atoms with E-state index in [1.54, 1.807) is 12.1 Å². The number of nitrogens with zero attached hydrogens (tertiary/aromatic N) is 2. The molecule has 0 spiro atoms. The molecule has 0 saturated heterocycles. The number of carbonyl (C=O) groups excluding carboxylic acids is 4. The maximum atomic E-state index is 12.6. The van der Waals surface area contributed by atoms with E-state index in [0.717, 1.165) is 10.5 Å². The first-order valence-electron chi connectivity index (χ1n) is 8.36. The summed E-state index contributed by atoms with van der Waals surface area (Å²) in [6.07, 6.45) is 0. The van der Waals surface area contributed by atoms with Crippen LogP contribution >= 0.6 is 0 Å². The molecule has 0 radical (unpaired) electrons. The molecule has 0 atom stereocenters. The molecule has 0 aromatic heterocycles. The Labute approximate surface area is 156 Å². The quantitative estimate of drug-likeness (QED) is 0.839. The molecule has 0 aliphatic carbocycles. The van der Waals surface area contributed by atoms with Crippen LogP contribution in [0.15, 0.2) is 42.5 Å². The van der Waals surface area contributed by atoms with Crippen molar-refractivity contribution in [2.75, 3.05) is 26.0 Å². The molecule has 1 N–H and O–H groups in total. The highest BCUT2D eigenvalue weighted by Crippen LogP contribution is 2.23. The second-order valence-corrected chi connectivity index (χ2v) is 6.51. The molecule has 138 valence electrons. The van der Waals surface area contributed by atoms with Crippen LogP contribution in [-0.2, 0) is 4.79 Å². The molecule has 0 fully saturated rings. The summed E-state index contributed by atoms with van der Waals surface area (Å²) < 4.78 is 0. The van der Waals surface area contributed by atoms with Crippen LogP contribution < -0.4 is 5.32 Å². The topological polar surface area (TPSA) is 86.8 Å². The predicted molar refractivity (Wildman–Crippen MR) is 99.6 cm³/mol. The van der Waals surface area contributed by atoms with Crippen molar-refractivity contribution in [1.82, 2.24) is 9.80 Å². The van der Waals surface area contributed by atoms with Crippen LogP contribution in [0.1, 0.15) is 36.6 Å². The van der Waals surface area contributed by atoms with Gasteiger partial charge in [-0.3, -0.25) is 24.1 Å². The fourth-order valence-electron chi connectivity index (χ4n) is 2.84. The molecule has 7 heteroatoms. The van der Waals surface area contributed by atoms with Gasteiger partial charge in [-0.05, 0) is 37.3 Å². The fourth-order valence-corrected chi connectivity index (χ4v) is 2.84. The highest BCUT2D eigenvalue weighted by molar-refractivity contribution is 6.21. The van der Waals surface area contributed by atoms with E-state index < -0.39 is 11.8 Å². The molecule has 1 heterocycles. The Morgan fingerprint density at radius 1 is 1.00 bits per heavy atom. The second kappa shape index (κ2) is 7.03. The molecule has 1 aliphatic rings. The van der Waals surface area contributed by atoms with Crippen molar-refractivity contribution in [3.05, 3.63) is 64.7 Å². The van der Waals surface area contributed by atoms with Gasteiger partial charge in [0.15, 0.2) is 0 Å². The summed E-state index contributed by atoms with van der Waals surface area (Å²) in [5.41, 5.74) is 2.45. The lowest BCUT2D eigenvalue weighted by molar-refractivity contribution is -0.116. The van der Waals surface area contributed by atoms with E-state index in [1.807, 2.05) is 19.1 Å². The van der Waals surface area contributed by atoms with Crippen LogP contribution in [0, 0.1) is 6.92 Å². The predicted octanol–water partition coefficient (Wildman–Crippen LogP) is 1.93. The summed E-state index contributed by atoms with van der Waals surface area (Å²) in [7, 11) is 2.90. The lowest BCUT2D eigenvalue weighted by Gasteiger charge is -2.17. The van der Waals surface area contributed by atoms with Crippen LogP contribution in [0.2, 0.25) is 0 Å². The van der Waals surface area contributed by atoms with Gasteiger partial charge >= 0.3 is 0 Å². The van der Waals surface area contributed by atoms with Crippen molar-refractivity contribution in [1.29, 1.82) is 0 Å². The van der Waals surface area contributed by atoms with E-state index in [1.165, 1.54) is 37.2 Å². The molecule has 0 unspecified atom stereocenters. The monoisotopic (exact) mass is 365 g/mol. The van der Waals surface area contributed by atoms with Gasteiger partial charge in [0.2, 0.25) is 5.91 Å². The van der Waals surface area contributed by atoms with Crippen LogP contribution in [0.3, 0.4) is 0 Å². The molecule has 4 amide bonds. The van der Waals surface area contributed by atoms with Gasteiger partial charge in [-0.25, -0.2) is 0 Å². The zero-order valence-electron chi connectivity index (χ0n) is 15.3. The average Bonchev–Trinajstić information content (AvgIpc) is 2.87. The van der Waals surface area contributed by atoms with E-state index >= 15 is 0 Å². The minimum Gasteiger partial charge on any atom is -0.332 e. The molecule has 2 aromatic rings. The van der Waals surface area contributed by atoms with Gasteiger partial charge in [0.05, 0.1) is 17.7 Å². The van der Waals surface area contributed by atoms with Crippen molar-refractivity contribution < 1.29 is 19.2 Å². The summed E-state index contributed by atoms with van der Waals surface area (Å²) in [5.74, 6) is -1.57. The van der Waals surface area contributed by atoms with Crippen LogP contribution in [0.5, 0.6) is 0 Å². The van der Waals surface area contributed by atoms with E-state index in [4.69, 9.17) is 0 Å². The molecular weight excluding hydrogens is 346 g/mol. The highest BCUT2D eigenvalue weighted by Gasteiger charge is 2.33. The number of aryl methyl sites for hydroxylation is 1. The Hall–Kier alpha value is -3.48. The Bertz CT molecular complexity index is 950. The maximum absolute atomic E-state index is 12.6. The molecule has 0 bridgehead atoms. The first kappa shape index (κ1) is 18.3. The number of nitrogens with one attached hydrogen (secondary N) is 1. The average molecular weight is 365 g/mol. The molecule has 2 aromatic carbocycles. The number of fused-ring (bicyclic) bond motifs is 1. The van der Waals surface area contributed by atoms with Crippen molar-refractivity contribution in [2.24, 2.45) is 0 Å². The SMILES string of the molecule is Cc1ccc(NC(=O)CN(C)C(=O)c2ccc3c(c2)C(=O)N(C)C3=O)cc1. The number of amides is 4. The standard InChI is InChI=1S/C20H19N3O4/c1-12-4-7-14(8-5-12)21-17(24)11-22(2)18(25)13-6-9-15-16(10-13)20(27)23(3)19(15)26/h4-10H,11H2,1-3H3,(H,21,24). The third kappa shape index (κ3) is 3.57. The number of anilines is 1. The van der Waals surface area contributed by atoms with E-state index in [0.29, 0.717) is 5.69 Å². The molecule has 1 aliphatic heterocycles. The van der Waals surface area contributed by atoms with Crippen LogP contribution in [-0.4, -0.2) is 54.1 Å². The zero-order chi connectivity index (χ0) is 19.7. The Morgan fingerprint density at radius 2 is 1.63 bits per heavy atom. The summed E-state index contributed by atoms with van der Waals surface area (Å²) >= 11 is 0. The number of hydrogen-bond acceptors (Lipinski definition) is 4. The lowest BCUT2D eigenvalue weighted by atomic mass is 10.0. The van der Waals surface area contributed by atoms with Crippen molar-refractivity contribution >= 4 is 29.3 Å². The third-order valence-corrected chi connectivity index (χ3v) is 4.40. The smallest absolute Gasteiger partial charge is 0.261 e. The fraction of sp³-hybridized carbons (Fsp3) is 0.200. The normalized spacial score (nSPS) is 12.8. The largest absolute Gasteiger partial charge is 0.332 e. The van der Waals surface area contributed by atoms with Crippen molar-refractivity contribution in [2.45, 2.75) is 6.92 Å². The summed E-state index contributed by atoms with van der Waals surface area (Å²) in [5, 5.41) is 2.73. The number of benzene rings is 2. The van der Waals surface area contributed by atoms with Gasteiger partial charge in [0, 0.05) is 25.3 Å². The summed E-state index contributed by atoms with van der Waals surface area (Å²) in [6.45, 7) is 1.81. The lowest BCUT2D eigenvalue weighted by Crippen LogP contribution is -2.35. The Balaban J connectivity index is 1.69. The molecular formula is C20H19N3O4. The van der Waals surface area contributed by atoms with Gasteiger partial charge in [-0.1, -0.05) is 17.7 Å².